The van der Waals surface area contributed by atoms with Crippen LogP contribution in [-0.4, -0.2) is 25.7 Å². The fourth-order valence-electron chi connectivity index (χ4n) is 0.323. The molecular formula is C4H11ClN2O3. The summed E-state index contributed by atoms with van der Waals surface area (Å²) >= 11 is 0. The molecule has 0 heterocycles. The maximum Gasteiger partial charge on any atom is 0.325 e. The number of carbonyl (C=O) groups excluding carboxylic acids is 1. The van der Waals surface area contributed by atoms with Crippen molar-refractivity contribution in [1.82, 2.24) is 0 Å². The highest BCUT2D eigenvalue weighted by molar-refractivity contribution is 5.85. The number of rotatable bonds is 3. The standard InChI is InChI=1S/C4H10N2O3.ClH/c1-8-4(7)3(5)2-9-6;/h3H,2,5-6H2,1H3;1H. The number of nitrogens with two attached hydrogens (primary N) is 2. The number of halogens is 1. The van der Waals surface area contributed by atoms with Gasteiger partial charge in [-0.05, 0) is 0 Å². The van der Waals surface area contributed by atoms with Crippen LogP contribution >= 0.6 is 12.4 Å². The Hall–Kier alpha value is -0.360. The summed E-state index contributed by atoms with van der Waals surface area (Å²) in [5.41, 5.74) is 5.16. The molecule has 0 aliphatic carbocycles. The molecule has 0 aromatic heterocycles. The van der Waals surface area contributed by atoms with Crippen molar-refractivity contribution in [2.24, 2.45) is 11.6 Å². The van der Waals surface area contributed by atoms with Crippen molar-refractivity contribution in [3.05, 3.63) is 0 Å². The van der Waals surface area contributed by atoms with E-state index in [1.54, 1.807) is 0 Å². The van der Waals surface area contributed by atoms with E-state index in [1.165, 1.54) is 7.11 Å². The van der Waals surface area contributed by atoms with Crippen LogP contribution in [0.3, 0.4) is 0 Å². The minimum absolute atomic E-state index is 0. The molecule has 1 unspecified atom stereocenters. The molecule has 6 heteroatoms. The molecule has 0 saturated carbocycles. The van der Waals surface area contributed by atoms with Crippen LogP contribution in [0.4, 0.5) is 0 Å². The minimum atomic E-state index is -0.778. The van der Waals surface area contributed by atoms with Gasteiger partial charge in [-0.25, -0.2) is 5.90 Å². The van der Waals surface area contributed by atoms with Crippen molar-refractivity contribution >= 4 is 18.4 Å². The van der Waals surface area contributed by atoms with Crippen LogP contribution in [0.15, 0.2) is 0 Å². The first-order valence-electron chi connectivity index (χ1n) is 2.37. The van der Waals surface area contributed by atoms with Crippen molar-refractivity contribution in [3.8, 4) is 0 Å². The highest BCUT2D eigenvalue weighted by Crippen LogP contribution is 1.81. The zero-order valence-electron chi connectivity index (χ0n) is 5.57. The van der Waals surface area contributed by atoms with Gasteiger partial charge in [0.2, 0.25) is 0 Å². The Labute approximate surface area is 65.0 Å². The molecule has 4 N–H and O–H groups in total. The Morgan fingerprint density at radius 3 is 2.50 bits per heavy atom. The lowest BCUT2D eigenvalue weighted by atomic mass is 10.3. The van der Waals surface area contributed by atoms with Gasteiger partial charge in [-0.1, -0.05) is 0 Å². The van der Waals surface area contributed by atoms with Crippen LogP contribution in [0.1, 0.15) is 0 Å². The smallest absolute Gasteiger partial charge is 0.325 e. The monoisotopic (exact) mass is 170 g/mol. The molecule has 0 radical (unpaired) electrons. The van der Waals surface area contributed by atoms with E-state index in [-0.39, 0.29) is 19.0 Å². The number of ether oxygens (including phenoxy) is 1. The van der Waals surface area contributed by atoms with Crippen molar-refractivity contribution in [3.63, 3.8) is 0 Å². The molecule has 0 spiro atoms. The van der Waals surface area contributed by atoms with Gasteiger partial charge < -0.3 is 15.3 Å². The second kappa shape index (κ2) is 6.76. The second-order valence-electron chi connectivity index (χ2n) is 1.46. The molecule has 0 amide bonds. The number of hydrogen-bond acceptors (Lipinski definition) is 5. The number of hydrogen-bond donors (Lipinski definition) is 2. The zero-order chi connectivity index (χ0) is 7.28. The van der Waals surface area contributed by atoms with Gasteiger partial charge in [0.05, 0.1) is 13.7 Å². The summed E-state index contributed by atoms with van der Waals surface area (Å²) in [4.78, 5) is 14.5. The van der Waals surface area contributed by atoms with Gasteiger partial charge in [0.15, 0.2) is 0 Å². The van der Waals surface area contributed by atoms with Crippen LogP contribution in [0.5, 0.6) is 0 Å². The molecule has 10 heavy (non-hydrogen) atoms. The Bertz CT molecular complexity index is 101. The van der Waals surface area contributed by atoms with E-state index in [4.69, 9.17) is 5.73 Å². The van der Waals surface area contributed by atoms with Crippen LogP contribution < -0.4 is 11.6 Å². The van der Waals surface area contributed by atoms with Crippen LogP contribution in [0, 0.1) is 0 Å². The van der Waals surface area contributed by atoms with E-state index in [1.807, 2.05) is 0 Å². The Balaban J connectivity index is 0. The average molecular weight is 171 g/mol. The number of esters is 1. The molecule has 62 valence electrons. The molecule has 0 aromatic carbocycles. The highest BCUT2D eigenvalue weighted by atomic mass is 35.5. The molecule has 0 aromatic rings. The Morgan fingerprint density at radius 1 is 1.70 bits per heavy atom. The molecule has 0 aliphatic heterocycles. The van der Waals surface area contributed by atoms with Crippen LogP contribution in [0.25, 0.3) is 0 Å². The molecule has 0 fully saturated rings. The molecule has 5 nitrogen and oxygen atoms in total. The normalized spacial score (nSPS) is 11.5. The molecule has 0 rings (SSSR count). The largest absolute Gasteiger partial charge is 0.468 e. The topological polar surface area (TPSA) is 87.6 Å². The maximum absolute atomic E-state index is 10.4. The van der Waals surface area contributed by atoms with Crippen LogP contribution in [-0.2, 0) is 14.4 Å². The third kappa shape index (κ3) is 4.51. The molecule has 0 saturated heterocycles. The molecule has 0 bridgehead atoms. The summed E-state index contributed by atoms with van der Waals surface area (Å²) in [6.45, 7) is -0.0212. The highest BCUT2D eigenvalue weighted by Gasteiger charge is 2.12. The summed E-state index contributed by atoms with van der Waals surface area (Å²) in [6.07, 6.45) is 0. The first kappa shape index (κ1) is 12.3. The fraction of sp³-hybridized carbons (Fsp3) is 0.750. The first-order valence-corrected chi connectivity index (χ1v) is 2.37. The predicted molar refractivity (Wildman–Crippen MR) is 37.4 cm³/mol. The van der Waals surface area contributed by atoms with E-state index >= 15 is 0 Å². The fourth-order valence-corrected chi connectivity index (χ4v) is 0.323. The lowest BCUT2D eigenvalue weighted by molar-refractivity contribution is -0.143. The first-order chi connectivity index (χ1) is 4.22. The van der Waals surface area contributed by atoms with Gasteiger partial charge in [-0.3, -0.25) is 4.79 Å². The zero-order valence-corrected chi connectivity index (χ0v) is 6.39. The maximum atomic E-state index is 10.4. The van der Waals surface area contributed by atoms with Gasteiger partial charge in [-0.2, -0.15) is 0 Å². The molecule has 0 aliphatic rings. The summed E-state index contributed by atoms with van der Waals surface area (Å²) < 4.78 is 4.27. The van der Waals surface area contributed by atoms with Gasteiger partial charge in [0.25, 0.3) is 0 Å². The minimum Gasteiger partial charge on any atom is -0.468 e. The van der Waals surface area contributed by atoms with Crippen molar-refractivity contribution in [1.29, 1.82) is 0 Å². The lowest BCUT2D eigenvalue weighted by Gasteiger charge is -2.05. The van der Waals surface area contributed by atoms with E-state index < -0.39 is 12.0 Å². The summed E-state index contributed by atoms with van der Waals surface area (Å²) in [5, 5.41) is 0. The second-order valence-corrected chi connectivity index (χ2v) is 1.46. The van der Waals surface area contributed by atoms with E-state index in [0.717, 1.165) is 0 Å². The molecule has 1 atom stereocenters. The van der Waals surface area contributed by atoms with Crippen molar-refractivity contribution in [2.45, 2.75) is 6.04 Å². The van der Waals surface area contributed by atoms with Crippen molar-refractivity contribution in [2.75, 3.05) is 13.7 Å². The lowest BCUT2D eigenvalue weighted by Crippen LogP contribution is -2.36. The summed E-state index contributed by atoms with van der Waals surface area (Å²) in [7, 11) is 1.25. The summed E-state index contributed by atoms with van der Waals surface area (Å²) in [5.74, 6) is 4.11. The number of methoxy groups -OCH3 is 1. The van der Waals surface area contributed by atoms with E-state index in [9.17, 15) is 4.79 Å². The van der Waals surface area contributed by atoms with Gasteiger partial charge in [0, 0.05) is 0 Å². The van der Waals surface area contributed by atoms with Crippen molar-refractivity contribution < 1.29 is 14.4 Å². The van der Waals surface area contributed by atoms with E-state index in [2.05, 4.69) is 15.5 Å². The molecular weight excluding hydrogens is 160 g/mol. The third-order valence-corrected chi connectivity index (χ3v) is 0.780. The van der Waals surface area contributed by atoms with Gasteiger partial charge in [-0.15, -0.1) is 12.4 Å². The van der Waals surface area contributed by atoms with Crippen LogP contribution in [0.2, 0.25) is 0 Å². The van der Waals surface area contributed by atoms with Gasteiger partial charge >= 0.3 is 5.97 Å². The predicted octanol–water partition coefficient (Wildman–Crippen LogP) is -1.20. The Kier molecular flexibility index (Phi) is 8.33. The Morgan fingerprint density at radius 2 is 2.20 bits per heavy atom. The SMILES string of the molecule is COC(=O)C(N)CON.Cl. The van der Waals surface area contributed by atoms with Gasteiger partial charge in [0.1, 0.15) is 6.04 Å². The summed E-state index contributed by atoms with van der Waals surface area (Å²) in [6, 6.07) is -0.778. The number of carbonyl (C=O) groups is 1. The van der Waals surface area contributed by atoms with E-state index in [0.29, 0.717) is 0 Å². The third-order valence-electron chi connectivity index (χ3n) is 0.780. The average Bonchev–Trinajstić information content (AvgIpc) is 1.87. The quantitative estimate of drug-likeness (QED) is 0.410.